The van der Waals surface area contributed by atoms with Gasteiger partial charge in [0.05, 0.1) is 30.2 Å². The van der Waals surface area contributed by atoms with Gasteiger partial charge in [0.1, 0.15) is 0 Å². The van der Waals surface area contributed by atoms with E-state index in [9.17, 15) is 14.4 Å². The highest BCUT2D eigenvalue weighted by atomic mass is 79.9. The quantitative estimate of drug-likeness (QED) is 0.303. The molecule has 0 aliphatic carbocycles. The first-order valence-corrected chi connectivity index (χ1v) is 9.36. The fraction of sp³-hybridized carbons (Fsp3) is 0.267. The van der Waals surface area contributed by atoms with Gasteiger partial charge in [0.25, 0.3) is 5.56 Å². The van der Waals surface area contributed by atoms with Gasteiger partial charge >= 0.3 is 5.69 Å². The Balaban J connectivity index is 1.97. The minimum Gasteiger partial charge on any atom is -0.492 e. The number of carbonyl (C=O) groups excluding carboxylic acids is 1. The molecular weight excluding hydrogens is 442 g/mol. The maximum Gasteiger partial charge on any atom is 0.342 e. The number of ether oxygens (including phenoxy) is 2. The molecule has 27 heavy (non-hydrogen) atoms. The largest absolute Gasteiger partial charge is 0.492 e. The van der Waals surface area contributed by atoms with Crippen LogP contribution in [0.3, 0.4) is 0 Å². The van der Waals surface area contributed by atoms with Crippen molar-refractivity contribution in [2.75, 3.05) is 19.5 Å². The first-order chi connectivity index (χ1) is 12.9. The third-order valence-corrected chi connectivity index (χ3v) is 4.50. The summed E-state index contributed by atoms with van der Waals surface area (Å²) >= 11 is 4.26. The normalized spacial score (nSPS) is 10.8. The van der Waals surface area contributed by atoms with Gasteiger partial charge in [-0.2, -0.15) is 10.2 Å². The van der Waals surface area contributed by atoms with Crippen LogP contribution in [0.25, 0.3) is 0 Å². The molecule has 0 atom stereocenters. The lowest BCUT2D eigenvalue weighted by molar-refractivity contribution is -0.118. The lowest BCUT2D eigenvalue weighted by Crippen LogP contribution is -2.26. The average Bonchev–Trinajstić information content (AvgIpc) is 2.61. The monoisotopic (exact) mass is 457 g/mol. The van der Waals surface area contributed by atoms with Crippen molar-refractivity contribution >= 4 is 39.8 Å². The van der Waals surface area contributed by atoms with E-state index in [1.165, 1.54) is 13.3 Å². The molecule has 0 aliphatic heterocycles. The van der Waals surface area contributed by atoms with E-state index in [-0.39, 0.29) is 10.8 Å². The van der Waals surface area contributed by atoms with Crippen LogP contribution in [-0.2, 0) is 4.79 Å². The van der Waals surface area contributed by atoms with Crippen LogP contribution in [0.5, 0.6) is 11.5 Å². The minimum absolute atomic E-state index is 0.0193. The number of thioether (sulfide) groups is 1. The number of carbonyl (C=O) groups is 1. The molecule has 10 nitrogen and oxygen atoms in total. The zero-order valence-electron chi connectivity index (χ0n) is 14.4. The lowest BCUT2D eigenvalue weighted by atomic mass is 10.2. The summed E-state index contributed by atoms with van der Waals surface area (Å²) in [5.74, 6) is 0.561. The number of hydrogen-bond donors (Lipinski definition) is 3. The first kappa shape index (κ1) is 20.7. The fourth-order valence-corrected chi connectivity index (χ4v) is 3.15. The van der Waals surface area contributed by atoms with E-state index in [2.05, 4.69) is 36.7 Å². The standard InChI is InChI=1S/C15H16BrN5O5S/c1-3-26-10-5-8(4-9(16)12(10)25-2)6-17-19-11(22)7-27-14-13(23)18-15(24)21-20-14/h4-6H,3,7H2,1-2H3,(H,19,22)(H2,18,21,23,24)/b17-6+. The Labute approximate surface area is 165 Å². The Morgan fingerprint density at radius 1 is 1.44 bits per heavy atom. The van der Waals surface area contributed by atoms with Crippen molar-refractivity contribution in [3.63, 3.8) is 0 Å². The van der Waals surface area contributed by atoms with E-state index in [1.807, 2.05) is 11.9 Å². The summed E-state index contributed by atoms with van der Waals surface area (Å²) in [4.78, 5) is 36.2. The summed E-state index contributed by atoms with van der Waals surface area (Å²) in [6.45, 7) is 2.32. The average molecular weight is 458 g/mol. The molecule has 1 aromatic carbocycles. The summed E-state index contributed by atoms with van der Waals surface area (Å²) in [6, 6.07) is 3.48. The van der Waals surface area contributed by atoms with Crippen LogP contribution >= 0.6 is 27.7 Å². The number of hydrogen-bond acceptors (Lipinski definition) is 8. The van der Waals surface area contributed by atoms with Crippen LogP contribution in [0.1, 0.15) is 12.5 Å². The Kier molecular flexibility index (Phi) is 7.61. The van der Waals surface area contributed by atoms with Crippen molar-refractivity contribution in [2.24, 2.45) is 5.10 Å². The topological polar surface area (TPSA) is 139 Å². The number of nitrogens with one attached hydrogen (secondary N) is 3. The highest BCUT2D eigenvalue weighted by Crippen LogP contribution is 2.36. The summed E-state index contributed by atoms with van der Waals surface area (Å²) in [6.07, 6.45) is 1.44. The van der Waals surface area contributed by atoms with Gasteiger partial charge in [0, 0.05) is 0 Å². The molecule has 1 amide bonds. The van der Waals surface area contributed by atoms with E-state index in [0.29, 0.717) is 28.1 Å². The molecular formula is C15H16BrN5O5S. The molecule has 2 aromatic rings. The van der Waals surface area contributed by atoms with Crippen molar-refractivity contribution in [1.29, 1.82) is 0 Å². The first-order valence-electron chi connectivity index (χ1n) is 7.58. The molecule has 0 fully saturated rings. The van der Waals surface area contributed by atoms with Gasteiger partial charge in [-0.1, -0.05) is 11.8 Å². The second-order valence-corrected chi connectivity index (χ2v) is 6.68. The third-order valence-electron chi connectivity index (χ3n) is 2.96. The number of hydrazone groups is 1. The van der Waals surface area contributed by atoms with Crippen LogP contribution in [0.4, 0.5) is 0 Å². The second-order valence-electron chi connectivity index (χ2n) is 4.86. The zero-order valence-corrected chi connectivity index (χ0v) is 16.8. The van der Waals surface area contributed by atoms with E-state index >= 15 is 0 Å². The molecule has 144 valence electrons. The van der Waals surface area contributed by atoms with Crippen molar-refractivity contribution in [2.45, 2.75) is 11.9 Å². The van der Waals surface area contributed by atoms with Crippen molar-refractivity contribution in [3.8, 4) is 11.5 Å². The van der Waals surface area contributed by atoms with Gasteiger partial charge in [-0.05, 0) is 40.5 Å². The summed E-state index contributed by atoms with van der Waals surface area (Å²) in [5, 5.41) is 9.50. The van der Waals surface area contributed by atoms with Crippen LogP contribution in [0, 0.1) is 0 Å². The number of aromatic nitrogens is 3. The summed E-state index contributed by atoms with van der Waals surface area (Å²) in [5.41, 5.74) is 1.65. The third kappa shape index (κ3) is 5.96. The second kappa shape index (κ2) is 9.92. The fourth-order valence-electron chi connectivity index (χ4n) is 1.90. The molecule has 0 unspecified atom stereocenters. The molecule has 1 aromatic heterocycles. The number of H-pyrrole nitrogens is 2. The van der Waals surface area contributed by atoms with Gasteiger partial charge in [0.2, 0.25) is 5.91 Å². The Morgan fingerprint density at radius 3 is 2.89 bits per heavy atom. The summed E-state index contributed by atoms with van der Waals surface area (Å²) < 4.78 is 11.5. The molecule has 0 radical (unpaired) electrons. The molecule has 3 N–H and O–H groups in total. The number of nitrogens with zero attached hydrogens (tertiary/aromatic N) is 2. The molecule has 0 spiro atoms. The molecule has 0 saturated carbocycles. The van der Waals surface area contributed by atoms with Gasteiger partial charge in [-0.15, -0.1) is 0 Å². The number of rotatable bonds is 8. The lowest BCUT2D eigenvalue weighted by Gasteiger charge is -2.11. The van der Waals surface area contributed by atoms with Crippen LogP contribution in [0.2, 0.25) is 0 Å². The Bertz CT molecular complexity index is 958. The molecule has 0 aliphatic rings. The predicted molar refractivity (Wildman–Crippen MR) is 104 cm³/mol. The maximum absolute atomic E-state index is 11.8. The van der Waals surface area contributed by atoms with E-state index in [1.54, 1.807) is 12.1 Å². The highest BCUT2D eigenvalue weighted by Gasteiger charge is 2.11. The van der Waals surface area contributed by atoms with Gasteiger partial charge in [-0.3, -0.25) is 14.6 Å². The molecule has 0 saturated heterocycles. The molecule has 2 rings (SSSR count). The van der Waals surface area contributed by atoms with Gasteiger partial charge in [-0.25, -0.2) is 15.3 Å². The van der Waals surface area contributed by atoms with Crippen LogP contribution < -0.4 is 26.1 Å². The van der Waals surface area contributed by atoms with E-state index < -0.39 is 17.2 Å². The zero-order chi connectivity index (χ0) is 19.8. The molecule has 1 heterocycles. The number of benzene rings is 1. The van der Waals surface area contributed by atoms with Crippen molar-refractivity contribution in [3.05, 3.63) is 43.0 Å². The van der Waals surface area contributed by atoms with E-state index in [4.69, 9.17) is 9.47 Å². The van der Waals surface area contributed by atoms with Crippen molar-refractivity contribution in [1.82, 2.24) is 20.6 Å². The smallest absolute Gasteiger partial charge is 0.342 e. The van der Waals surface area contributed by atoms with Crippen LogP contribution in [-0.4, -0.2) is 46.8 Å². The summed E-state index contributed by atoms with van der Waals surface area (Å²) in [7, 11) is 1.54. The number of methoxy groups -OCH3 is 1. The number of halogens is 1. The Hall–Kier alpha value is -2.60. The SMILES string of the molecule is CCOc1cc(/C=N/NC(=O)CSc2n[nH]c(=O)[nH]c2=O)cc(Br)c1OC. The number of amides is 1. The molecule has 0 bridgehead atoms. The van der Waals surface area contributed by atoms with Crippen LogP contribution in [0.15, 0.2) is 36.3 Å². The van der Waals surface area contributed by atoms with E-state index in [0.717, 1.165) is 11.8 Å². The van der Waals surface area contributed by atoms with Crippen molar-refractivity contribution < 1.29 is 14.3 Å². The highest BCUT2D eigenvalue weighted by molar-refractivity contribution is 9.10. The van der Waals surface area contributed by atoms with Gasteiger partial charge < -0.3 is 9.47 Å². The Morgan fingerprint density at radius 2 is 2.22 bits per heavy atom. The number of aromatic amines is 2. The molecule has 12 heteroatoms. The predicted octanol–water partition coefficient (Wildman–Crippen LogP) is 0.870. The van der Waals surface area contributed by atoms with Gasteiger partial charge in [0.15, 0.2) is 16.5 Å². The maximum atomic E-state index is 11.8. The minimum atomic E-state index is -0.713.